The summed E-state index contributed by atoms with van der Waals surface area (Å²) in [5.74, 6) is 1.91. The average molecular weight is 364 g/mol. The minimum atomic E-state index is 0.811. The van der Waals surface area contributed by atoms with Gasteiger partial charge in [-0.15, -0.1) is 0 Å². The molecule has 0 aliphatic carbocycles. The number of benzene rings is 2. The number of para-hydroxylation sites is 1. The van der Waals surface area contributed by atoms with Crippen LogP contribution in [0.2, 0.25) is 0 Å². The van der Waals surface area contributed by atoms with Gasteiger partial charge in [0, 0.05) is 11.9 Å². The maximum atomic E-state index is 5.77. The summed E-state index contributed by atoms with van der Waals surface area (Å²) in [4.78, 5) is 8.67. The predicted octanol–water partition coefficient (Wildman–Crippen LogP) is 5.77. The average Bonchev–Trinajstić information content (AvgIpc) is 2.71. The lowest BCUT2D eigenvalue weighted by atomic mass is 10.1. The van der Waals surface area contributed by atoms with E-state index in [4.69, 9.17) is 4.74 Å². The number of aromatic nitrogens is 2. The monoisotopic (exact) mass is 363 g/mol. The van der Waals surface area contributed by atoms with Gasteiger partial charge >= 0.3 is 0 Å². The van der Waals surface area contributed by atoms with E-state index in [2.05, 4.69) is 40.4 Å². The van der Waals surface area contributed by atoms with E-state index >= 15 is 0 Å². The smallest absolute Gasteiger partial charge is 0.137 e. The van der Waals surface area contributed by atoms with Crippen LogP contribution in [0.25, 0.3) is 10.9 Å². The maximum Gasteiger partial charge on any atom is 0.137 e. The highest BCUT2D eigenvalue weighted by molar-refractivity contribution is 5.88. The third-order valence-corrected chi connectivity index (χ3v) is 4.70. The van der Waals surface area contributed by atoms with Gasteiger partial charge in [0.05, 0.1) is 12.1 Å². The van der Waals surface area contributed by atoms with Crippen LogP contribution in [0.3, 0.4) is 0 Å². The SMILES string of the molecule is Cc1ccc(OCCCCCCCCNc2ncnc3ccccc23)cc1. The van der Waals surface area contributed by atoms with Crippen LogP contribution >= 0.6 is 0 Å². The second kappa shape index (κ2) is 10.5. The van der Waals surface area contributed by atoms with Gasteiger partial charge in [0.25, 0.3) is 0 Å². The molecule has 1 aromatic heterocycles. The molecule has 0 spiro atoms. The molecule has 0 saturated carbocycles. The highest BCUT2D eigenvalue weighted by atomic mass is 16.5. The molecule has 0 fully saturated rings. The van der Waals surface area contributed by atoms with Crippen LogP contribution in [0.5, 0.6) is 5.75 Å². The van der Waals surface area contributed by atoms with Crippen LogP contribution in [-0.2, 0) is 0 Å². The minimum Gasteiger partial charge on any atom is -0.494 e. The molecule has 3 rings (SSSR count). The van der Waals surface area contributed by atoms with Crippen molar-refractivity contribution in [2.24, 2.45) is 0 Å². The molecule has 0 atom stereocenters. The summed E-state index contributed by atoms with van der Waals surface area (Å²) < 4.78 is 5.77. The van der Waals surface area contributed by atoms with Crippen LogP contribution in [0.15, 0.2) is 54.9 Å². The lowest BCUT2D eigenvalue weighted by Crippen LogP contribution is -2.04. The van der Waals surface area contributed by atoms with Gasteiger partial charge in [0.15, 0.2) is 0 Å². The number of rotatable bonds is 11. The Morgan fingerprint density at radius 2 is 1.56 bits per heavy atom. The molecule has 0 amide bonds. The molecular weight excluding hydrogens is 334 g/mol. The summed E-state index contributed by atoms with van der Waals surface area (Å²) in [7, 11) is 0. The number of fused-ring (bicyclic) bond motifs is 1. The van der Waals surface area contributed by atoms with E-state index in [9.17, 15) is 0 Å². The highest BCUT2D eigenvalue weighted by Crippen LogP contribution is 2.18. The molecule has 2 aromatic carbocycles. The summed E-state index contributed by atoms with van der Waals surface area (Å²) in [5.41, 5.74) is 2.26. The molecule has 0 radical (unpaired) electrons. The zero-order valence-electron chi connectivity index (χ0n) is 16.2. The van der Waals surface area contributed by atoms with E-state index in [1.165, 1.54) is 31.2 Å². The summed E-state index contributed by atoms with van der Waals surface area (Å²) >= 11 is 0. The van der Waals surface area contributed by atoms with Crippen LogP contribution in [0.4, 0.5) is 5.82 Å². The number of hydrogen-bond acceptors (Lipinski definition) is 4. The standard InChI is InChI=1S/C23H29N3O/c1-19-12-14-20(15-13-19)27-17-9-5-3-2-4-8-16-24-23-21-10-6-7-11-22(21)25-18-26-23/h6-7,10-15,18H,2-5,8-9,16-17H2,1H3,(H,24,25,26). The molecule has 1 N–H and O–H groups in total. The number of hydrogen-bond donors (Lipinski definition) is 1. The first kappa shape index (κ1) is 19.2. The van der Waals surface area contributed by atoms with E-state index in [1.807, 2.05) is 30.3 Å². The van der Waals surface area contributed by atoms with Gasteiger partial charge in [0.2, 0.25) is 0 Å². The van der Waals surface area contributed by atoms with E-state index < -0.39 is 0 Å². The Bertz CT molecular complexity index is 812. The summed E-state index contributed by atoms with van der Waals surface area (Å²) in [5, 5.41) is 4.54. The van der Waals surface area contributed by atoms with Crippen molar-refractivity contribution in [2.75, 3.05) is 18.5 Å². The Hall–Kier alpha value is -2.62. The van der Waals surface area contributed by atoms with Gasteiger partial charge in [-0.2, -0.15) is 0 Å². The fourth-order valence-electron chi connectivity index (χ4n) is 3.11. The van der Waals surface area contributed by atoms with E-state index in [0.29, 0.717) is 0 Å². The molecule has 4 heteroatoms. The molecule has 0 saturated heterocycles. The van der Waals surface area contributed by atoms with Gasteiger partial charge in [-0.1, -0.05) is 55.5 Å². The van der Waals surface area contributed by atoms with Crippen LogP contribution in [-0.4, -0.2) is 23.1 Å². The Labute approximate surface area is 162 Å². The number of ether oxygens (including phenoxy) is 1. The van der Waals surface area contributed by atoms with Crippen molar-refractivity contribution in [2.45, 2.75) is 45.4 Å². The van der Waals surface area contributed by atoms with Crippen molar-refractivity contribution in [3.63, 3.8) is 0 Å². The number of unbranched alkanes of at least 4 members (excludes halogenated alkanes) is 5. The zero-order chi connectivity index (χ0) is 18.7. The third kappa shape index (κ3) is 6.24. The first-order valence-electron chi connectivity index (χ1n) is 9.96. The Kier molecular flexibility index (Phi) is 7.45. The Morgan fingerprint density at radius 1 is 0.815 bits per heavy atom. The fourth-order valence-corrected chi connectivity index (χ4v) is 3.11. The van der Waals surface area contributed by atoms with Crippen molar-refractivity contribution < 1.29 is 4.74 Å². The van der Waals surface area contributed by atoms with Crippen molar-refractivity contribution in [1.82, 2.24) is 9.97 Å². The second-order valence-electron chi connectivity index (χ2n) is 6.95. The molecule has 27 heavy (non-hydrogen) atoms. The van der Waals surface area contributed by atoms with Crippen LogP contribution in [0, 0.1) is 6.92 Å². The van der Waals surface area contributed by atoms with Crippen molar-refractivity contribution in [3.05, 3.63) is 60.4 Å². The first-order valence-corrected chi connectivity index (χ1v) is 9.96. The van der Waals surface area contributed by atoms with E-state index in [0.717, 1.165) is 48.5 Å². The van der Waals surface area contributed by atoms with Crippen molar-refractivity contribution >= 4 is 16.7 Å². The molecule has 3 aromatic rings. The molecule has 0 aliphatic rings. The summed E-state index contributed by atoms with van der Waals surface area (Å²) in [6.07, 6.45) is 8.94. The number of nitrogens with zero attached hydrogens (tertiary/aromatic N) is 2. The minimum absolute atomic E-state index is 0.811. The van der Waals surface area contributed by atoms with Crippen LogP contribution in [0.1, 0.15) is 44.1 Å². The largest absolute Gasteiger partial charge is 0.494 e. The predicted molar refractivity (Wildman–Crippen MR) is 112 cm³/mol. The zero-order valence-corrected chi connectivity index (χ0v) is 16.2. The van der Waals surface area contributed by atoms with Gasteiger partial charge < -0.3 is 10.1 Å². The number of aryl methyl sites for hydroxylation is 1. The number of nitrogens with one attached hydrogen (secondary N) is 1. The molecule has 4 nitrogen and oxygen atoms in total. The quantitative estimate of drug-likeness (QED) is 0.439. The Balaban J connectivity index is 1.22. The molecular formula is C23H29N3O. The number of anilines is 1. The summed E-state index contributed by atoms with van der Waals surface area (Å²) in [6.45, 7) is 3.86. The topological polar surface area (TPSA) is 47.0 Å². The third-order valence-electron chi connectivity index (χ3n) is 4.70. The van der Waals surface area contributed by atoms with Crippen LogP contribution < -0.4 is 10.1 Å². The normalized spacial score (nSPS) is 10.9. The second-order valence-corrected chi connectivity index (χ2v) is 6.95. The van der Waals surface area contributed by atoms with Crippen molar-refractivity contribution in [1.29, 1.82) is 0 Å². The molecule has 0 unspecified atom stereocenters. The fraction of sp³-hybridized carbons (Fsp3) is 0.391. The van der Waals surface area contributed by atoms with Gasteiger partial charge in [0.1, 0.15) is 17.9 Å². The lowest BCUT2D eigenvalue weighted by molar-refractivity contribution is 0.304. The highest BCUT2D eigenvalue weighted by Gasteiger charge is 2.01. The lowest BCUT2D eigenvalue weighted by Gasteiger charge is -2.08. The first-order chi connectivity index (χ1) is 13.3. The van der Waals surface area contributed by atoms with Gasteiger partial charge in [-0.25, -0.2) is 9.97 Å². The molecule has 142 valence electrons. The summed E-state index contributed by atoms with van der Waals surface area (Å²) in [6, 6.07) is 16.4. The maximum absolute atomic E-state index is 5.77. The van der Waals surface area contributed by atoms with E-state index in [-0.39, 0.29) is 0 Å². The molecule has 0 aliphatic heterocycles. The van der Waals surface area contributed by atoms with Gasteiger partial charge in [-0.05, 0) is 44.0 Å². The molecule has 0 bridgehead atoms. The Morgan fingerprint density at radius 3 is 2.41 bits per heavy atom. The molecule has 1 heterocycles. The van der Waals surface area contributed by atoms with Crippen molar-refractivity contribution in [3.8, 4) is 5.75 Å². The van der Waals surface area contributed by atoms with E-state index in [1.54, 1.807) is 6.33 Å². The van der Waals surface area contributed by atoms with Gasteiger partial charge in [-0.3, -0.25) is 0 Å².